The van der Waals surface area contributed by atoms with E-state index in [0.717, 1.165) is 29.9 Å². The summed E-state index contributed by atoms with van der Waals surface area (Å²) >= 11 is 2.13. The predicted molar refractivity (Wildman–Crippen MR) is 79.9 cm³/mol. The first kappa shape index (κ1) is 12.4. The van der Waals surface area contributed by atoms with Crippen LogP contribution in [0.4, 0.5) is 5.69 Å². The number of nitrogens with zero attached hydrogens (tertiary/aromatic N) is 1. The predicted octanol–water partition coefficient (Wildman–Crippen LogP) is 2.91. The van der Waals surface area contributed by atoms with Gasteiger partial charge in [0, 0.05) is 30.1 Å². The van der Waals surface area contributed by atoms with Crippen LogP contribution in [-0.2, 0) is 13.0 Å². The summed E-state index contributed by atoms with van der Waals surface area (Å²) in [6, 6.07) is 7.11. The maximum atomic E-state index is 6.14. The molecular formula is C15H22N2S. The largest absolute Gasteiger partial charge is 0.398 e. The van der Waals surface area contributed by atoms with E-state index < -0.39 is 0 Å². The zero-order valence-electron chi connectivity index (χ0n) is 11.1. The highest BCUT2D eigenvalue weighted by atomic mass is 32.2. The second-order valence-electron chi connectivity index (χ2n) is 5.49. The summed E-state index contributed by atoms with van der Waals surface area (Å²) in [5, 5.41) is 0.769. The number of hydrogen-bond donors (Lipinski definition) is 1. The van der Waals surface area contributed by atoms with E-state index in [4.69, 9.17) is 5.73 Å². The minimum atomic E-state index is 0.747. The Hall–Kier alpha value is -0.670. The van der Waals surface area contributed by atoms with Crippen LogP contribution in [0.15, 0.2) is 18.2 Å². The molecule has 2 heterocycles. The number of nitrogen functional groups attached to an aromatic ring is 1. The van der Waals surface area contributed by atoms with E-state index in [-0.39, 0.29) is 0 Å². The van der Waals surface area contributed by atoms with Crippen molar-refractivity contribution in [1.82, 2.24) is 4.90 Å². The third-order valence-electron chi connectivity index (χ3n) is 4.37. The Morgan fingerprint density at radius 3 is 3.11 bits per heavy atom. The van der Waals surface area contributed by atoms with Crippen molar-refractivity contribution in [3.63, 3.8) is 0 Å². The van der Waals surface area contributed by atoms with Gasteiger partial charge < -0.3 is 5.73 Å². The van der Waals surface area contributed by atoms with Gasteiger partial charge in [0.15, 0.2) is 0 Å². The summed E-state index contributed by atoms with van der Waals surface area (Å²) in [5.74, 6) is 1.34. The van der Waals surface area contributed by atoms with E-state index >= 15 is 0 Å². The molecule has 0 saturated carbocycles. The highest BCUT2D eigenvalue weighted by Gasteiger charge is 2.30. The van der Waals surface area contributed by atoms with E-state index in [1.54, 1.807) is 0 Å². The number of anilines is 1. The van der Waals surface area contributed by atoms with Crippen molar-refractivity contribution in [2.24, 2.45) is 0 Å². The smallest absolute Gasteiger partial charge is 0.0362 e. The Labute approximate surface area is 114 Å². The van der Waals surface area contributed by atoms with Crippen LogP contribution in [0.3, 0.4) is 0 Å². The summed E-state index contributed by atoms with van der Waals surface area (Å²) in [6.45, 7) is 4.64. The summed E-state index contributed by atoms with van der Waals surface area (Å²) < 4.78 is 0. The van der Waals surface area contributed by atoms with E-state index in [0.29, 0.717) is 0 Å². The summed E-state index contributed by atoms with van der Waals surface area (Å²) in [6.07, 6.45) is 3.89. The molecule has 2 aliphatic rings. The van der Waals surface area contributed by atoms with E-state index in [1.807, 2.05) is 6.07 Å². The fraction of sp³-hybridized carbons (Fsp3) is 0.600. The average molecular weight is 262 g/mol. The molecule has 2 aliphatic heterocycles. The normalized spacial score (nSPS) is 28.9. The Balaban J connectivity index is 1.79. The molecule has 0 bridgehead atoms. The van der Waals surface area contributed by atoms with Crippen molar-refractivity contribution in [1.29, 1.82) is 0 Å². The Morgan fingerprint density at radius 1 is 1.39 bits per heavy atom. The first-order valence-electron chi connectivity index (χ1n) is 6.97. The van der Waals surface area contributed by atoms with Crippen molar-refractivity contribution in [2.45, 2.75) is 44.0 Å². The molecule has 1 aromatic rings. The van der Waals surface area contributed by atoms with Crippen LogP contribution in [-0.4, -0.2) is 28.5 Å². The number of hydrogen-bond acceptors (Lipinski definition) is 3. The molecule has 0 aliphatic carbocycles. The molecule has 2 N–H and O–H groups in total. The van der Waals surface area contributed by atoms with Gasteiger partial charge in [0.05, 0.1) is 0 Å². The van der Waals surface area contributed by atoms with Crippen LogP contribution in [0.25, 0.3) is 0 Å². The molecule has 3 rings (SSSR count). The standard InChI is InChI=1S/C15H22N2S/c1-11-15(6-3-9-18-11)17-8-7-12-4-2-5-14(16)13(12)10-17/h2,4-5,11,15H,3,6-10,16H2,1H3. The summed E-state index contributed by atoms with van der Waals surface area (Å²) in [7, 11) is 0. The number of benzene rings is 1. The van der Waals surface area contributed by atoms with Crippen molar-refractivity contribution < 1.29 is 0 Å². The number of nitrogens with two attached hydrogens (primary N) is 1. The van der Waals surface area contributed by atoms with Gasteiger partial charge in [-0.25, -0.2) is 0 Å². The van der Waals surface area contributed by atoms with Gasteiger partial charge in [-0.15, -0.1) is 0 Å². The molecule has 1 saturated heterocycles. The van der Waals surface area contributed by atoms with Gasteiger partial charge in [0.1, 0.15) is 0 Å². The fourth-order valence-corrected chi connectivity index (χ4v) is 4.53. The van der Waals surface area contributed by atoms with Gasteiger partial charge in [0.2, 0.25) is 0 Å². The molecule has 18 heavy (non-hydrogen) atoms. The highest BCUT2D eigenvalue weighted by molar-refractivity contribution is 7.99. The fourth-order valence-electron chi connectivity index (χ4n) is 3.30. The molecule has 98 valence electrons. The first-order chi connectivity index (χ1) is 8.75. The van der Waals surface area contributed by atoms with Crippen LogP contribution in [0.2, 0.25) is 0 Å². The Morgan fingerprint density at radius 2 is 2.28 bits per heavy atom. The van der Waals surface area contributed by atoms with Crippen LogP contribution in [0.1, 0.15) is 30.9 Å². The molecule has 0 aromatic heterocycles. The van der Waals surface area contributed by atoms with Gasteiger partial charge in [-0.05, 0) is 42.2 Å². The first-order valence-corrected chi connectivity index (χ1v) is 8.02. The van der Waals surface area contributed by atoms with E-state index in [1.165, 1.54) is 36.3 Å². The molecule has 0 spiro atoms. The lowest BCUT2D eigenvalue weighted by Crippen LogP contribution is -2.45. The van der Waals surface area contributed by atoms with Crippen LogP contribution in [0, 0.1) is 0 Å². The maximum absolute atomic E-state index is 6.14. The second kappa shape index (κ2) is 5.14. The van der Waals surface area contributed by atoms with Gasteiger partial charge in [0.25, 0.3) is 0 Å². The molecular weight excluding hydrogens is 240 g/mol. The summed E-state index contributed by atoms with van der Waals surface area (Å²) in [5.41, 5.74) is 9.96. The zero-order valence-corrected chi connectivity index (χ0v) is 11.9. The SMILES string of the molecule is CC1SCCCC1N1CCc2cccc(N)c2C1. The zero-order chi connectivity index (χ0) is 12.5. The second-order valence-corrected chi connectivity index (χ2v) is 6.98. The molecule has 0 radical (unpaired) electrons. The van der Waals surface area contributed by atoms with Crippen LogP contribution in [0.5, 0.6) is 0 Å². The molecule has 2 atom stereocenters. The van der Waals surface area contributed by atoms with E-state index in [2.05, 4.69) is 35.7 Å². The third-order valence-corrected chi connectivity index (χ3v) is 5.74. The maximum Gasteiger partial charge on any atom is 0.0362 e. The molecule has 2 nitrogen and oxygen atoms in total. The van der Waals surface area contributed by atoms with Crippen molar-refractivity contribution in [3.05, 3.63) is 29.3 Å². The highest BCUT2D eigenvalue weighted by Crippen LogP contribution is 2.33. The Kier molecular flexibility index (Phi) is 3.53. The quantitative estimate of drug-likeness (QED) is 0.789. The molecule has 0 amide bonds. The number of fused-ring (bicyclic) bond motifs is 1. The lowest BCUT2D eigenvalue weighted by Gasteiger charge is -2.41. The number of rotatable bonds is 1. The molecule has 3 heteroatoms. The monoisotopic (exact) mass is 262 g/mol. The topological polar surface area (TPSA) is 29.3 Å². The van der Waals surface area contributed by atoms with Crippen molar-refractivity contribution >= 4 is 17.4 Å². The minimum Gasteiger partial charge on any atom is -0.398 e. The van der Waals surface area contributed by atoms with Crippen LogP contribution >= 0.6 is 11.8 Å². The van der Waals surface area contributed by atoms with Crippen molar-refractivity contribution in [3.8, 4) is 0 Å². The molecule has 1 aromatic carbocycles. The van der Waals surface area contributed by atoms with Crippen LogP contribution < -0.4 is 5.73 Å². The molecule has 1 fully saturated rings. The van der Waals surface area contributed by atoms with Crippen molar-refractivity contribution in [2.75, 3.05) is 18.0 Å². The van der Waals surface area contributed by atoms with Gasteiger partial charge in [-0.3, -0.25) is 4.90 Å². The third kappa shape index (κ3) is 2.26. The average Bonchev–Trinajstić information content (AvgIpc) is 2.40. The van der Waals surface area contributed by atoms with Gasteiger partial charge >= 0.3 is 0 Å². The van der Waals surface area contributed by atoms with Gasteiger partial charge in [-0.1, -0.05) is 19.1 Å². The summed E-state index contributed by atoms with van der Waals surface area (Å²) in [4.78, 5) is 2.66. The molecule has 2 unspecified atom stereocenters. The van der Waals surface area contributed by atoms with E-state index in [9.17, 15) is 0 Å². The number of thioether (sulfide) groups is 1. The Bertz CT molecular complexity index is 433. The lowest BCUT2D eigenvalue weighted by molar-refractivity contribution is 0.166. The lowest BCUT2D eigenvalue weighted by atomic mass is 9.95. The van der Waals surface area contributed by atoms with Gasteiger partial charge in [-0.2, -0.15) is 11.8 Å². The minimum absolute atomic E-state index is 0.747.